The summed E-state index contributed by atoms with van der Waals surface area (Å²) in [6, 6.07) is 15.4. The molecule has 4 aromatic rings. The zero-order chi connectivity index (χ0) is 19.1. The highest BCUT2D eigenvalue weighted by atomic mass is 35.5. The summed E-state index contributed by atoms with van der Waals surface area (Å²) >= 11 is 6.11. The normalized spacial score (nSPS) is 13.6. The first-order chi connectivity index (χ1) is 13.7. The van der Waals surface area contributed by atoms with Crippen LogP contribution in [0.15, 0.2) is 60.9 Å². The molecule has 1 amide bonds. The molecule has 5 nitrogen and oxygen atoms in total. The molecule has 2 aromatic heterocycles. The number of benzene rings is 2. The van der Waals surface area contributed by atoms with Crippen molar-refractivity contribution < 1.29 is 4.79 Å². The molecule has 28 heavy (non-hydrogen) atoms. The van der Waals surface area contributed by atoms with E-state index in [1.807, 2.05) is 54.7 Å². The molecule has 0 spiro atoms. The van der Waals surface area contributed by atoms with Crippen LogP contribution in [0, 0.1) is 0 Å². The van der Waals surface area contributed by atoms with Crippen molar-refractivity contribution in [2.24, 2.45) is 0 Å². The Morgan fingerprint density at radius 2 is 1.93 bits per heavy atom. The van der Waals surface area contributed by atoms with Crippen molar-refractivity contribution >= 4 is 50.7 Å². The van der Waals surface area contributed by atoms with Crippen molar-refractivity contribution in [2.75, 3.05) is 5.32 Å². The van der Waals surface area contributed by atoms with Gasteiger partial charge in [0, 0.05) is 50.9 Å². The van der Waals surface area contributed by atoms with Gasteiger partial charge in [-0.1, -0.05) is 23.7 Å². The molecule has 0 radical (unpaired) electrons. The van der Waals surface area contributed by atoms with Gasteiger partial charge in [0.25, 0.3) is 5.91 Å². The quantitative estimate of drug-likeness (QED) is 0.479. The van der Waals surface area contributed by atoms with Crippen molar-refractivity contribution in [2.45, 2.75) is 18.9 Å². The van der Waals surface area contributed by atoms with E-state index in [-0.39, 0.29) is 5.91 Å². The smallest absolute Gasteiger partial charge is 0.251 e. The first-order valence-electron chi connectivity index (χ1n) is 9.18. The van der Waals surface area contributed by atoms with Crippen LogP contribution in [0.5, 0.6) is 0 Å². The predicted molar refractivity (Wildman–Crippen MR) is 112 cm³/mol. The van der Waals surface area contributed by atoms with Crippen LogP contribution in [-0.2, 0) is 0 Å². The summed E-state index contributed by atoms with van der Waals surface area (Å²) in [5, 5.41) is 9.91. The maximum Gasteiger partial charge on any atom is 0.251 e. The second-order valence-electron chi connectivity index (χ2n) is 7.00. The number of hydrogen-bond acceptors (Lipinski definition) is 4. The van der Waals surface area contributed by atoms with E-state index in [1.54, 1.807) is 6.20 Å². The van der Waals surface area contributed by atoms with E-state index < -0.39 is 0 Å². The molecule has 2 heterocycles. The van der Waals surface area contributed by atoms with E-state index in [0.717, 1.165) is 40.2 Å². The van der Waals surface area contributed by atoms with Crippen LogP contribution in [-0.4, -0.2) is 21.9 Å². The molecule has 1 saturated carbocycles. The van der Waals surface area contributed by atoms with Crippen molar-refractivity contribution in [3.05, 3.63) is 71.5 Å². The number of nitrogens with one attached hydrogen (secondary N) is 2. The van der Waals surface area contributed by atoms with E-state index in [2.05, 4.69) is 15.6 Å². The first-order valence-corrected chi connectivity index (χ1v) is 9.56. The zero-order valence-electron chi connectivity index (χ0n) is 14.9. The number of carbonyl (C=O) groups is 1. The van der Waals surface area contributed by atoms with E-state index in [1.165, 1.54) is 0 Å². The molecule has 0 aliphatic heterocycles. The SMILES string of the molecule is O=C(NC1CC1)c1ccc2c(c1)nc(Nc1cccc(Cl)c1)c1ccncc12. The van der Waals surface area contributed by atoms with Crippen molar-refractivity contribution in [3.63, 3.8) is 0 Å². The number of nitrogens with zero attached hydrogens (tertiary/aromatic N) is 2. The molecule has 138 valence electrons. The van der Waals surface area contributed by atoms with Crippen LogP contribution < -0.4 is 10.6 Å². The molecule has 1 aliphatic carbocycles. The second-order valence-corrected chi connectivity index (χ2v) is 7.43. The van der Waals surface area contributed by atoms with Gasteiger partial charge < -0.3 is 10.6 Å². The fourth-order valence-electron chi connectivity index (χ4n) is 3.28. The summed E-state index contributed by atoms with van der Waals surface area (Å²) in [5.74, 6) is 0.647. The predicted octanol–water partition coefficient (Wildman–Crippen LogP) is 5.07. The lowest BCUT2D eigenvalue weighted by Crippen LogP contribution is -2.25. The third-order valence-corrected chi connectivity index (χ3v) is 5.09. The van der Waals surface area contributed by atoms with Gasteiger partial charge in [0.05, 0.1) is 5.52 Å². The molecule has 2 aromatic carbocycles. The Balaban J connectivity index is 1.63. The Kier molecular flexibility index (Phi) is 4.10. The van der Waals surface area contributed by atoms with Gasteiger partial charge in [-0.25, -0.2) is 4.98 Å². The molecular weight excluding hydrogens is 372 g/mol. The molecular formula is C22H17ClN4O. The molecule has 5 rings (SSSR count). The number of amides is 1. The van der Waals surface area contributed by atoms with Crippen LogP contribution in [0.2, 0.25) is 5.02 Å². The lowest BCUT2D eigenvalue weighted by Gasteiger charge is -2.12. The number of pyridine rings is 2. The zero-order valence-corrected chi connectivity index (χ0v) is 15.7. The van der Waals surface area contributed by atoms with Gasteiger partial charge in [-0.3, -0.25) is 9.78 Å². The van der Waals surface area contributed by atoms with E-state index >= 15 is 0 Å². The minimum absolute atomic E-state index is 0.0539. The molecule has 1 aliphatic rings. The van der Waals surface area contributed by atoms with Gasteiger partial charge in [-0.05, 0) is 49.2 Å². The van der Waals surface area contributed by atoms with Crippen LogP contribution in [0.25, 0.3) is 21.7 Å². The maximum absolute atomic E-state index is 12.4. The lowest BCUT2D eigenvalue weighted by atomic mass is 10.1. The summed E-state index contributed by atoms with van der Waals surface area (Å²) in [6.07, 6.45) is 5.69. The molecule has 1 fully saturated rings. The summed E-state index contributed by atoms with van der Waals surface area (Å²) in [6.45, 7) is 0. The highest BCUT2D eigenvalue weighted by Crippen LogP contribution is 2.31. The third-order valence-electron chi connectivity index (χ3n) is 4.86. The summed E-state index contributed by atoms with van der Waals surface area (Å²) in [7, 11) is 0. The van der Waals surface area contributed by atoms with Gasteiger partial charge in [0.1, 0.15) is 5.82 Å². The molecule has 6 heteroatoms. The summed E-state index contributed by atoms with van der Waals surface area (Å²) in [5.41, 5.74) is 2.21. The van der Waals surface area contributed by atoms with Gasteiger partial charge in [0.15, 0.2) is 0 Å². The second kappa shape index (κ2) is 6.77. The van der Waals surface area contributed by atoms with E-state index in [0.29, 0.717) is 22.4 Å². The Hall–Kier alpha value is -3.18. The average Bonchev–Trinajstić information content (AvgIpc) is 3.52. The topological polar surface area (TPSA) is 66.9 Å². The molecule has 0 saturated heterocycles. The first kappa shape index (κ1) is 17.0. The Morgan fingerprint density at radius 3 is 2.75 bits per heavy atom. The van der Waals surface area contributed by atoms with E-state index in [9.17, 15) is 4.79 Å². The number of hydrogen-bond donors (Lipinski definition) is 2. The molecule has 0 bridgehead atoms. The van der Waals surface area contributed by atoms with Crippen molar-refractivity contribution in [3.8, 4) is 0 Å². The van der Waals surface area contributed by atoms with Gasteiger partial charge >= 0.3 is 0 Å². The van der Waals surface area contributed by atoms with Gasteiger partial charge in [-0.2, -0.15) is 0 Å². The molecule has 0 unspecified atom stereocenters. The number of anilines is 2. The van der Waals surface area contributed by atoms with Crippen molar-refractivity contribution in [1.29, 1.82) is 0 Å². The minimum Gasteiger partial charge on any atom is -0.349 e. The summed E-state index contributed by atoms with van der Waals surface area (Å²) < 4.78 is 0. The Labute approximate surface area is 166 Å². The number of halogens is 1. The highest BCUT2D eigenvalue weighted by molar-refractivity contribution is 6.30. The standard InChI is InChI=1S/C22H17ClN4O/c23-14-2-1-3-16(11-14)25-21-18-8-9-24-12-19(18)17-7-4-13(10-20(17)27-21)22(28)26-15-5-6-15/h1-4,7-12,15H,5-6H2,(H,25,27)(H,26,28). The van der Waals surface area contributed by atoms with Gasteiger partial charge in [0.2, 0.25) is 0 Å². The lowest BCUT2D eigenvalue weighted by molar-refractivity contribution is 0.0951. The van der Waals surface area contributed by atoms with E-state index in [4.69, 9.17) is 16.6 Å². The van der Waals surface area contributed by atoms with Gasteiger partial charge in [-0.15, -0.1) is 0 Å². The third kappa shape index (κ3) is 3.25. The largest absolute Gasteiger partial charge is 0.349 e. The number of rotatable bonds is 4. The monoisotopic (exact) mass is 388 g/mol. The number of aromatic nitrogens is 2. The van der Waals surface area contributed by atoms with Crippen LogP contribution in [0.1, 0.15) is 23.2 Å². The number of carbonyl (C=O) groups excluding carboxylic acids is 1. The fraction of sp³-hybridized carbons (Fsp3) is 0.136. The highest BCUT2D eigenvalue weighted by Gasteiger charge is 2.24. The Morgan fingerprint density at radius 1 is 1.04 bits per heavy atom. The molecule has 2 N–H and O–H groups in total. The van der Waals surface area contributed by atoms with Crippen molar-refractivity contribution in [1.82, 2.24) is 15.3 Å². The average molecular weight is 389 g/mol. The fourth-order valence-corrected chi connectivity index (χ4v) is 3.47. The minimum atomic E-state index is -0.0539. The van der Waals surface area contributed by atoms with Crippen LogP contribution >= 0.6 is 11.6 Å². The number of fused-ring (bicyclic) bond motifs is 3. The molecule has 0 atom stereocenters. The Bertz CT molecular complexity index is 1220. The van der Waals surface area contributed by atoms with Crippen LogP contribution in [0.3, 0.4) is 0 Å². The van der Waals surface area contributed by atoms with Crippen LogP contribution in [0.4, 0.5) is 11.5 Å². The maximum atomic E-state index is 12.4. The summed E-state index contributed by atoms with van der Waals surface area (Å²) in [4.78, 5) is 21.5.